The summed E-state index contributed by atoms with van der Waals surface area (Å²) < 4.78 is 5.38. The molecule has 2 heterocycles. The van der Waals surface area contributed by atoms with Gasteiger partial charge in [-0.2, -0.15) is 0 Å². The molecule has 5 nitrogen and oxygen atoms in total. The van der Waals surface area contributed by atoms with Crippen molar-refractivity contribution in [2.75, 3.05) is 20.1 Å². The summed E-state index contributed by atoms with van der Waals surface area (Å²) in [5.74, 6) is 0.157. The van der Waals surface area contributed by atoms with Crippen LogP contribution in [0.3, 0.4) is 0 Å². The highest BCUT2D eigenvalue weighted by Gasteiger charge is 2.28. The van der Waals surface area contributed by atoms with E-state index in [1.54, 1.807) is 6.26 Å². The van der Waals surface area contributed by atoms with Crippen LogP contribution in [0.5, 0.6) is 0 Å². The highest BCUT2D eigenvalue weighted by molar-refractivity contribution is 5.67. The van der Waals surface area contributed by atoms with Crippen LogP contribution in [-0.2, 0) is 11.3 Å². The quantitative estimate of drug-likeness (QED) is 0.898. The van der Waals surface area contributed by atoms with Crippen LogP contribution in [0.2, 0.25) is 0 Å². The number of carboxylic acid groups (broad SMARTS) is 1. The van der Waals surface area contributed by atoms with Crippen molar-refractivity contribution >= 4 is 5.97 Å². The fraction of sp³-hybridized carbons (Fsp3) is 0.643. The molecule has 0 saturated carbocycles. The number of carbonyl (C=O) groups is 1. The van der Waals surface area contributed by atoms with Crippen molar-refractivity contribution in [3.63, 3.8) is 0 Å². The Morgan fingerprint density at radius 1 is 1.58 bits per heavy atom. The molecule has 0 amide bonds. The van der Waals surface area contributed by atoms with E-state index in [2.05, 4.69) is 23.8 Å². The highest BCUT2D eigenvalue weighted by Crippen LogP contribution is 2.19. The summed E-state index contributed by atoms with van der Waals surface area (Å²) in [7, 11) is 2.07. The Morgan fingerprint density at radius 3 is 3.00 bits per heavy atom. The lowest BCUT2D eigenvalue weighted by atomic mass is 10.1. The molecule has 0 bridgehead atoms. The number of nitrogens with zero attached hydrogens (tertiary/aromatic N) is 2. The minimum absolute atomic E-state index is 0.0394. The Balaban J connectivity index is 2.08. The Labute approximate surface area is 113 Å². The van der Waals surface area contributed by atoms with Crippen molar-refractivity contribution < 1.29 is 14.3 Å². The predicted octanol–water partition coefficient (Wildman–Crippen LogP) is 1.65. The molecule has 5 heteroatoms. The van der Waals surface area contributed by atoms with E-state index in [9.17, 15) is 4.79 Å². The fourth-order valence-corrected chi connectivity index (χ4v) is 2.59. The molecule has 1 saturated heterocycles. The zero-order valence-electron chi connectivity index (χ0n) is 11.6. The smallest absolute Gasteiger partial charge is 0.304 e. The van der Waals surface area contributed by atoms with Gasteiger partial charge in [-0.3, -0.25) is 9.69 Å². The molecule has 1 aromatic rings. The van der Waals surface area contributed by atoms with Gasteiger partial charge in [0.05, 0.1) is 19.2 Å². The van der Waals surface area contributed by atoms with Crippen molar-refractivity contribution in [3.05, 3.63) is 24.2 Å². The van der Waals surface area contributed by atoms with E-state index in [1.807, 2.05) is 12.1 Å². The first-order valence-corrected chi connectivity index (χ1v) is 6.74. The number of likely N-dealkylation sites (N-methyl/N-ethyl adjacent to an activating group) is 1. The lowest BCUT2D eigenvalue weighted by Crippen LogP contribution is -2.41. The van der Waals surface area contributed by atoms with E-state index in [4.69, 9.17) is 9.52 Å². The topological polar surface area (TPSA) is 56.9 Å². The number of carboxylic acids is 1. The normalized spacial score (nSPS) is 26.2. The van der Waals surface area contributed by atoms with Gasteiger partial charge in [0.1, 0.15) is 5.76 Å². The summed E-state index contributed by atoms with van der Waals surface area (Å²) in [5, 5.41) is 9.08. The first-order chi connectivity index (χ1) is 9.06. The first kappa shape index (κ1) is 14.1. The second-order valence-electron chi connectivity index (χ2n) is 5.38. The molecule has 2 unspecified atom stereocenters. The number of hydrogen-bond acceptors (Lipinski definition) is 4. The number of hydrogen-bond donors (Lipinski definition) is 1. The van der Waals surface area contributed by atoms with Crippen LogP contribution in [0.25, 0.3) is 0 Å². The van der Waals surface area contributed by atoms with Crippen molar-refractivity contribution in [3.8, 4) is 0 Å². The lowest BCUT2D eigenvalue weighted by Gasteiger charge is -2.29. The zero-order valence-corrected chi connectivity index (χ0v) is 11.6. The number of furan rings is 1. The molecule has 1 fully saturated rings. The van der Waals surface area contributed by atoms with E-state index in [-0.39, 0.29) is 12.5 Å². The second-order valence-corrected chi connectivity index (χ2v) is 5.38. The average Bonchev–Trinajstić information content (AvgIpc) is 2.81. The van der Waals surface area contributed by atoms with Crippen molar-refractivity contribution in [2.24, 2.45) is 0 Å². The standard InChI is InChI=1S/C14H22N2O3/c1-11-5-6-16(10-13-4-3-7-19-13)12(8-14(17)18)9-15(11)2/h3-4,7,11-12H,5-6,8-10H2,1-2H3,(H,17,18). The third kappa shape index (κ3) is 3.81. The first-order valence-electron chi connectivity index (χ1n) is 6.74. The zero-order chi connectivity index (χ0) is 13.8. The largest absolute Gasteiger partial charge is 0.481 e. The number of aliphatic carboxylic acids is 1. The van der Waals surface area contributed by atoms with Crippen LogP contribution in [0.15, 0.2) is 22.8 Å². The van der Waals surface area contributed by atoms with Crippen LogP contribution < -0.4 is 0 Å². The van der Waals surface area contributed by atoms with Gasteiger partial charge >= 0.3 is 5.97 Å². The van der Waals surface area contributed by atoms with Crippen LogP contribution in [-0.4, -0.2) is 53.1 Å². The van der Waals surface area contributed by atoms with Crippen molar-refractivity contribution in [1.29, 1.82) is 0 Å². The molecule has 2 atom stereocenters. The van der Waals surface area contributed by atoms with Gasteiger partial charge in [-0.15, -0.1) is 0 Å². The Bertz CT molecular complexity index is 405. The molecule has 0 spiro atoms. The van der Waals surface area contributed by atoms with Crippen LogP contribution in [0, 0.1) is 0 Å². The van der Waals surface area contributed by atoms with Crippen LogP contribution >= 0.6 is 0 Å². The lowest BCUT2D eigenvalue weighted by molar-refractivity contribution is -0.138. The molecule has 1 N–H and O–H groups in total. The number of rotatable bonds is 4. The van der Waals surface area contributed by atoms with Crippen molar-refractivity contribution in [1.82, 2.24) is 9.80 Å². The second kappa shape index (κ2) is 6.21. The van der Waals surface area contributed by atoms with Gasteiger partial charge in [-0.1, -0.05) is 0 Å². The monoisotopic (exact) mass is 266 g/mol. The molecule has 0 aliphatic carbocycles. The van der Waals surface area contributed by atoms with E-state index >= 15 is 0 Å². The van der Waals surface area contributed by atoms with Gasteiger partial charge in [0.2, 0.25) is 0 Å². The summed E-state index contributed by atoms with van der Waals surface area (Å²) in [5.41, 5.74) is 0. The molecule has 106 valence electrons. The Hall–Kier alpha value is -1.33. The molecule has 0 aromatic carbocycles. The summed E-state index contributed by atoms with van der Waals surface area (Å²) in [6.45, 7) is 4.57. The predicted molar refractivity (Wildman–Crippen MR) is 71.9 cm³/mol. The maximum atomic E-state index is 11.0. The minimum atomic E-state index is -0.739. The highest BCUT2D eigenvalue weighted by atomic mass is 16.4. The van der Waals surface area contributed by atoms with E-state index in [1.165, 1.54) is 0 Å². The van der Waals surface area contributed by atoms with E-state index in [0.29, 0.717) is 12.6 Å². The fourth-order valence-electron chi connectivity index (χ4n) is 2.59. The molecule has 19 heavy (non-hydrogen) atoms. The summed E-state index contributed by atoms with van der Waals surface area (Å²) in [6, 6.07) is 4.33. The van der Waals surface area contributed by atoms with Gasteiger partial charge in [0, 0.05) is 25.2 Å². The molecular formula is C14H22N2O3. The van der Waals surface area contributed by atoms with E-state index < -0.39 is 5.97 Å². The van der Waals surface area contributed by atoms with Gasteiger partial charge in [0.25, 0.3) is 0 Å². The minimum Gasteiger partial charge on any atom is -0.481 e. The Kier molecular flexibility index (Phi) is 4.61. The van der Waals surface area contributed by atoms with Gasteiger partial charge in [-0.25, -0.2) is 0 Å². The third-order valence-corrected chi connectivity index (χ3v) is 3.95. The molecule has 1 aliphatic rings. The molecule has 0 radical (unpaired) electrons. The summed E-state index contributed by atoms with van der Waals surface area (Å²) in [6.07, 6.45) is 2.89. The van der Waals surface area contributed by atoms with Crippen LogP contribution in [0.1, 0.15) is 25.5 Å². The molecule has 1 aliphatic heterocycles. The van der Waals surface area contributed by atoms with E-state index in [0.717, 1.165) is 25.3 Å². The Morgan fingerprint density at radius 2 is 2.37 bits per heavy atom. The summed E-state index contributed by atoms with van der Waals surface area (Å²) >= 11 is 0. The third-order valence-electron chi connectivity index (χ3n) is 3.95. The summed E-state index contributed by atoms with van der Waals surface area (Å²) in [4.78, 5) is 15.5. The van der Waals surface area contributed by atoms with Gasteiger partial charge in [-0.05, 0) is 32.5 Å². The van der Waals surface area contributed by atoms with Crippen molar-refractivity contribution in [2.45, 2.75) is 38.4 Å². The molecule has 1 aromatic heterocycles. The maximum Gasteiger partial charge on any atom is 0.304 e. The molecular weight excluding hydrogens is 244 g/mol. The maximum absolute atomic E-state index is 11.0. The SMILES string of the molecule is CC1CCN(Cc2ccco2)C(CC(=O)O)CN1C. The van der Waals surface area contributed by atoms with Gasteiger partial charge in [0.15, 0.2) is 0 Å². The van der Waals surface area contributed by atoms with Gasteiger partial charge < -0.3 is 14.4 Å². The molecule has 2 rings (SSSR count). The average molecular weight is 266 g/mol. The van der Waals surface area contributed by atoms with Crippen LogP contribution in [0.4, 0.5) is 0 Å².